The summed E-state index contributed by atoms with van der Waals surface area (Å²) in [6, 6.07) is 13.8. The van der Waals surface area contributed by atoms with Crippen LogP contribution in [0.15, 0.2) is 47.0 Å². The van der Waals surface area contributed by atoms with Gasteiger partial charge in [-0.2, -0.15) is 4.98 Å². The monoisotopic (exact) mass is 409 g/mol. The number of aromatic nitrogens is 2. The van der Waals surface area contributed by atoms with Crippen LogP contribution in [0.4, 0.5) is 5.69 Å². The minimum absolute atomic E-state index is 0.0378. The lowest BCUT2D eigenvalue weighted by molar-refractivity contribution is -0.117. The molecule has 1 unspecified atom stereocenters. The highest BCUT2D eigenvalue weighted by Crippen LogP contribution is 2.33. The van der Waals surface area contributed by atoms with Crippen LogP contribution in [0.3, 0.4) is 0 Å². The van der Waals surface area contributed by atoms with Crippen LogP contribution in [0.5, 0.6) is 0 Å². The molecule has 0 aliphatic carbocycles. The summed E-state index contributed by atoms with van der Waals surface area (Å²) in [6.07, 6.45) is 0.355. The molecule has 1 fully saturated rings. The van der Waals surface area contributed by atoms with Crippen molar-refractivity contribution in [1.82, 2.24) is 10.1 Å². The van der Waals surface area contributed by atoms with Crippen LogP contribution in [0.1, 0.15) is 50.1 Å². The van der Waals surface area contributed by atoms with Crippen LogP contribution in [0.25, 0.3) is 11.5 Å². The van der Waals surface area contributed by atoms with Gasteiger partial charge in [-0.15, -0.1) is 0 Å². The number of nitrogens with zero attached hydrogens (tertiary/aromatic N) is 3. The Hall–Kier alpha value is -2.66. The molecular formula is C23H24ClN3O2. The lowest BCUT2D eigenvalue weighted by Crippen LogP contribution is -2.24. The second kappa shape index (κ2) is 7.30. The number of carbonyl (C=O) groups is 1. The molecule has 0 radical (unpaired) electrons. The molecule has 29 heavy (non-hydrogen) atoms. The molecule has 2 heterocycles. The SMILES string of the molecule is Cc1ccc(N2CC(c3noc(-c4ccc(C(C)(C)C)cc4)n3)CC2=O)cc1Cl. The molecule has 0 bridgehead atoms. The fraction of sp³-hybridized carbons (Fsp3) is 0.348. The van der Waals surface area contributed by atoms with Gasteiger partial charge in [0, 0.05) is 35.2 Å². The van der Waals surface area contributed by atoms with Gasteiger partial charge in [0.2, 0.25) is 5.91 Å². The maximum atomic E-state index is 12.6. The van der Waals surface area contributed by atoms with E-state index in [-0.39, 0.29) is 17.2 Å². The summed E-state index contributed by atoms with van der Waals surface area (Å²) >= 11 is 6.23. The van der Waals surface area contributed by atoms with Crippen molar-refractivity contribution >= 4 is 23.2 Å². The molecule has 1 aromatic heterocycles. The first-order chi connectivity index (χ1) is 13.7. The third-order valence-electron chi connectivity index (χ3n) is 5.40. The molecule has 0 N–H and O–H groups in total. The second-order valence-corrected chi connectivity index (χ2v) is 9.03. The van der Waals surface area contributed by atoms with Crippen LogP contribution in [0.2, 0.25) is 5.02 Å². The molecule has 150 valence electrons. The summed E-state index contributed by atoms with van der Waals surface area (Å²) in [4.78, 5) is 18.9. The van der Waals surface area contributed by atoms with E-state index in [0.717, 1.165) is 16.8 Å². The van der Waals surface area contributed by atoms with E-state index in [1.54, 1.807) is 4.90 Å². The topological polar surface area (TPSA) is 59.2 Å². The second-order valence-electron chi connectivity index (χ2n) is 8.62. The minimum atomic E-state index is -0.103. The Morgan fingerprint density at radius 2 is 1.86 bits per heavy atom. The van der Waals surface area contributed by atoms with E-state index in [2.05, 4.69) is 43.0 Å². The van der Waals surface area contributed by atoms with E-state index in [1.165, 1.54) is 5.56 Å². The Kier molecular flexibility index (Phi) is 4.95. The molecule has 1 amide bonds. The number of hydrogen-bond donors (Lipinski definition) is 0. The summed E-state index contributed by atoms with van der Waals surface area (Å²) in [7, 11) is 0. The van der Waals surface area contributed by atoms with Gasteiger partial charge in [-0.3, -0.25) is 4.79 Å². The van der Waals surface area contributed by atoms with E-state index in [1.807, 2.05) is 37.3 Å². The normalized spacial score (nSPS) is 17.2. The van der Waals surface area contributed by atoms with Gasteiger partial charge in [0.1, 0.15) is 0 Å². The first kappa shape index (κ1) is 19.6. The van der Waals surface area contributed by atoms with Crippen LogP contribution in [0, 0.1) is 6.92 Å². The van der Waals surface area contributed by atoms with Crippen molar-refractivity contribution in [3.05, 3.63) is 64.4 Å². The quantitative estimate of drug-likeness (QED) is 0.571. The maximum Gasteiger partial charge on any atom is 0.257 e. The average Bonchev–Trinajstić information content (AvgIpc) is 3.30. The molecular weight excluding hydrogens is 386 g/mol. The minimum Gasteiger partial charge on any atom is -0.334 e. The molecule has 1 saturated heterocycles. The molecule has 4 rings (SSSR count). The summed E-state index contributed by atoms with van der Waals surface area (Å²) in [5.41, 5.74) is 4.00. The van der Waals surface area contributed by atoms with Gasteiger partial charge >= 0.3 is 0 Å². The van der Waals surface area contributed by atoms with Crippen molar-refractivity contribution in [2.45, 2.75) is 45.4 Å². The summed E-state index contributed by atoms with van der Waals surface area (Å²) in [6.45, 7) is 8.99. The molecule has 6 heteroatoms. The van der Waals surface area contributed by atoms with Gasteiger partial charge in [-0.05, 0) is 47.7 Å². The van der Waals surface area contributed by atoms with E-state index in [4.69, 9.17) is 16.1 Å². The molecule has 0 spiro atoms. The number of amides is 1. The zero-order valence-corrected chi connectivity index (χ0v) is 17.8. The lowest BCUT2D eigenvalue weighted by atomic mass is 9.87. The summed E-state index contributed by atoms with van der Waals surface area (Å²) in [5.74, 6) is 0.975. The van der Waals surface area contributed by atoms with Gasteiger partial charge < -0.3 is 9.42 Å². The maximum absolute atomic E-state index is 12.6. The van der Waals surface area contributed by atoms with Crippen molar-refractivity contribution in [3.8, 4) is 11.5 Å². The van der Waals surface area contributed by atoms with Gasteiger partial charge in [-0.25, -0.2) is 0 Å². The van der Waals surface area contributed by atoms with Gasteiger partial charge in [0.05, 0.1) is 0 Å². The predicted molar refractivity (Wildman–Crippen MR) is 114 cm³/mol. The number of benzene rings is 2. The fourth-order valence-corrected chi connectivity index (χ4v) is 3.69. The number of hydrogen-bond acceptors (Lipinski definition) is 4. The molecule has 2 aromatic carbocycles. The number of anilines is 1. The average molecular weight is 410 g/mol. The van der Waals surface area contributed by atoms with E-state index in [9.17, 15) is 4.79 Å². The fourth-order valence-electron chi connectivity index (χ4n) is 3.51. The number of rotatable bonds is 3. The highest BCUT2D eigenvalue weighted by molar-refractivity contribution is 6.31. The zero-order chi connectivity index (χ0) is 20.8. The Morgan fingerprint density at radius 3 is 2.52 bits per heavy atom. The summed E-state index contributed by atoms with van der Waals surface area (Å²) < 4.78 is 5.49. The highest BCUT2D eigenvalue weighted by atomic mass is 35.5. The zero-order valence-electron chi connectivity index (χ0n) is 17.1. The van der Waals surface area contributed by atoms with E-state index < -0.39 is 0 Å². The first-order valence-electron chi connectivity index (χ1n) is 9.73. The standard InChI is InChI=1S/C23H24ClN3O2/c1-14-5-10-18(12-19(14)24)27-13-16(11-20(27)28)21-25-22(29-26-21)15-6-8-17(9-7-15)23(2,3)4/h5-10,12,16H,11,13H2,1-4H3. The van der Waals surface area contributed by atoms with E-state index >= 15 is 0 Å². The number of aryl methyl sites for hydroxylation is 1. The Labute approximate surface area is 175 Å². The Bertz CT molecular complexity index is 1050. The van der Waals surface area contributed by atoms with Crippen molar-refractivity contribution in [1.29, 1.82) is 0 Å². The van der Waals surface area contributed by atoms with Gasteiger partial charge in [-0.1, -0.05) is 55.7 Å². The summed E-state index contributed by atoms with van der Waals surface area (Å²) in [5, 5.41) is 4.80. The van der Waals surface area contributed by atoms with Crippen molar-refractivity contribution in [2.24, 2.45) is 0 Å². The molecule has 1 aliphatic heterocycles. The largest absolute Gasteiger partial charge is 0.334 e. The molecule has 1 atom stereocenters. The number of carbonyl (C=O) groups excluding carboxylic acids is 1. The van der Waals surface area contributed by atoms with Crippen LogP contribution in [-0.2, 0) is 10.2 Å². The molecule has 5 nitrogen and oxygen atoms in total. The highest BCUT2D eigenvalue weighted by Gasteiger charge is 2.34. The third-order valence-corrected chi connectivity index (χ3v) is 5.80. The van der Waals surface area contributed by atoms with Crippen molar-refractivity contribution < 1.29 is 9.32 Å². The third kappa shape index (κ3) is 3.92. The Balaban J connectivity index is 1.52. The van der Waals surface area contributed by atoms with Crippen molar-refractivity contribution in [2.75, 3.05) is 11.4 Å². The van der Waals surface area contributed by atoms with Crippen LogP contribution >= 0.6 is 11.6 Å². The Morgan fingerprint density at radius 1 is 1.14 bits per heavy atom. The molecule has 0 saturated carbocycles. The van der Waals surface area contributed by atoms with Gasteiger partial charge in [0.15, 0.2) is 5.82 Å². The van der Waals surface area contributed by atoms with Crippen LogP contribution < -0.4 is 4.90 Å². The lowest BCUT2D eigenvalue weighted by Gasteiger charge is -2.18. The predicted octanol–water partition coefficient (Wildman–Crippen LogP) is 5.52. The number of halogens is 1. The molecule has 1 aliphatic rings. The van der Waals surface area contributed by atoms with E-state index in [0.29, 0.717) is 29.7 Å². The smallest absolute Gasteiger partial charge is 0.257 e. The van der Waals surface area contributed by atoms with Crippen LogP contribution in [-0.4, -0.2) is 22.6 Å². The van der Waals surface area contributed by atoms with Crippen molar-refractivity contribution in [3.63, 3.8) is 0 Å². The first-order valence-corrected chi connectivity index (χ1v) is 10.1. The molecule has 3 aromatic rings. The van der Waals surface area contributed by atoms with Gasteiger partial charge in [0.25, 0.3) is 5.89 Å².